The van der Waals surface area contributed by atoms with E-state index in [-0.39, 0.29) is 17.0 Å². The molecule has 0 spiro atoms. The first-order valence-electron chi connectivity index (χ1n) is 21.5. The summed E-state index contributed by atoms with van der Waals surface area (Å²) in [7, 11) is 0. The van der Waals surface area contributed by atoms with Crippen LogP contribution in [0.15, 0.2) is 12.2 Å². The summed E-state index contributed by atoms with van der Waals surface area (Å²) in [5.74, 6) is 5.22. The van der Waals surface area contributed by atoms with Gasteiger partial charge in [-0.05, 0) is 131 Å². The minimum Gasteiger partial charge on any atom is -0.458 e. The van der Waals surface area contributed by atoms with E-state index < -0.39 is 0 Å². The third-order valence-electron chi connectivity index (χ3n) is 14.9. The predicted molar refractivity (Wildman–Crippen MR) is 202 cm³/mol. The highest BCUT2D eigenvalue weighted by Crippen LogP contribution is 2.70. The first kappa shape index (κ1) is 39.0. The van der Waals surface area contributed by atoms with E-state index in [0.29, 0.717) is 11.8 Å². The Kier molecular flexibility index (Phi) is 15.8. The van der Waals surface area contributed by atoms with Crippen molar-refractivity contribution in [3.8, 4) is 0 Å². The fourth-order valence-electron chi connectivity index (χ4n) is 12.1. The average molecular weight is 653 g/mol. The van der Waals surface area contributed by atoms with E-state index in [1.807, 2.05) is 0 Å². The van der Waals surface area contributed by atoms with Crippen LogP contribution in [0.2, 0.25) is 0 Å². The molecule has 0 aromatic heterocycles. The molecule has 2 nitrogen and oxygen atoms in total. The van der Waals surface area contributed by atoms with Crippen LogP contribution in [0, 0.1) is 46.3 Å². The quantitative estimate of drug-likeness (QED) is 0.0700. The van der Waals surface area contributed by atoms with E-state index in [2.05, 4.69) is 53.7 Å². The number of esters is 1. The molecule has 2 heteroatoms. The van der Waals surface area contributed by atoms with Crippen molar-refractivity contribution in [3.05, 3.63) is 12.2 Å². The fourth-order valence-corrected chi connectivity index (χ4v) is 12.1. The number of unbranched alkanes of at least 4 members (excludes halogenated alkanes) is 11. The van der Waals surface area contributed by atoms with Crippen LogP contribution in [0.25, 0.3) is 0 Å². The number of hydrogen-bond donors (Lipinski definition) is 0. The Balaban J connectivity index is 1.19. The average Bonchev–Trinajstić information content (AvgIpc) is 3.40. The molecular weight excluding hydrogens is 572 g/mol. The molecule has 272 valence electrons. The zero-order valence-corrected chi connectivity index (χ0v) is 32.5. The lowest BCUT2D eigenvalue weighted by Crippen LogP contribution is -2.62. The minimum atomic E-state index is -0.193. The van der Waals surface area contributed by atoms with Crippen LogP contribution < -0.4 is 0 Å². The lowest BCUT2D eigenvalue weighted by atomic mass is 9.43. The summed E-state index contributed by atoms with van der Waals surface area (Å²) in [6, 6.07) is 0. The zero-order chi connectivity index (χ0) is 33.8. The van der Waals surface area contributed by atoms with Gasteiger partial charge in [0, 0.05) is 11.8 Å². The van der Waals surface area contributed by atoms with Crippen LogP contribution in [0.4, 0.5) is 0 Å². The molecule has 4 aliphatic rings. The summed E-state index contributed by atoms with van der Waals surface area (Å²) >= 11 is 0. The molecule has 4 rings (SSSR count). The molecule has 0 aromatic carbocycles. The molecule has 0 radical (unpaired) electrons. The SMILES string of the molecule is CCCCCCCC/C=C\CCCCCCCC(=O)OC12CCCC[C@]1(C)C1CC[C@@]3(C)C(CC[C@@H]3[C@H](C)CCCC(C)C)C1CC2. The van der Waals surface area contributed by atoms with Gasteiger partial charge in [-0.15, -0.1) is 0 Å². The van der Waals surface area contributed by atoms with Crippen molar-refractivity contribution >= 4 is 5.97 Å². The van der Waals surface area contributed by atoms with Crippen molar-refractivity contribution in [1.82, 2.24) is 0 Å². The molecule has 4 unspecified atom stereocenters. The van der Waals surface area contributed by atoms with E-state index in [1.165, 1.54) is 148 Å². The fraction of sp³-hybridized carbons (Fsp3) is 0.933. The maximum atomic E-state index is 13.4. The van der Waals surface area contributed by atoms with Crippen molar-refractivity contribution in [2.24, 2.45) is 46.3 Å². The molecule has 4 aliphatic carbocycles. The maximum absolute atomic E-state index is 13.4. The Morgan fingerprint density at radius 1 is 0.702 bits per heavy atom. The van der Waals surface area contributed by atoms with Crippen LogP contribution in [-0.4, -0.2) is 11.6 Å². The van der Waals surface area contributed by atoms with Gasteiger partial charge in [0.05, 0.1) is 0 Å². The summed E-state index contributed by atoms with van der Waals surface area (Å²) in [6.07, 6.45) is 39.5. The second-order valence-electron chi connectivity index (χ2n) is 18.4. The molecule has 8 atom stereocenters. The van der Waals surface area contributed by atoms with E-state index in [4.69, 9.17) is 4.74 Å². The molecule has 47 heavy (non-hydrogen) atoms. The summed E-state index contributed by atoms with van der Waals surface area (Å²) in [6.45, 7) is 14.9. The highest BCUT2D eigenvalue weighted by Gasteiger charge is 2.65. The smallest absolute Gasteiger partial charge is 0.306 e. The third kappa shape index (κ3) is 9.93. The minimum absolute atomic E-state index is 0.117. The van der Waals surface area contributed by atoms with Crippen molar-refractivity contribution in [3.63, 3.8) is 0 Å². The number of rotatable bonds is 21. The normalized spacial score (nSPS) is 34.3. The van der Waals surface area contributed by atoms with Gasteiger partial charge in [0.15, 0.2) is 0 Å². The van der Waals surface area contributed by atoms with E-state index >= 15 is 0 Å². The largest absolute Gasteiger partial charge is 0.458 e. The third-order valence-corrected chi connectivity index (χ3v) is 14.9. The van der Waals surface area contributed by atoms with Crippen LogP contribution in [-0.2, 0) is 9.53 Å². The number of fused-ring (bicyclic) bond motifs is 5. The second-order valence-corrected chi connectivity index (χ2v) is 18.4. The number of ether oxygens (including phenoxy) is 1. The first-order chi connectivity index (χ1) is 22.7. The van der Waals surface area contributed by atoms with Crippen molar-refractivity contribution in [2.75, 3.05) is 0 Å². The van der Waals surface area contributed by atoms with Crippen LogP contribution in [0.1, 0.15) is 215 Å². The van der Waals surface area contributed by atoms with Gasteiger partial charge in [0.2, 0.25) is 0 Å². The molecule has 0 saturated heterocycles. The Hall–Kier alpha value is -0.790. The summed E-state index contributed by atoms with van der Waals surface area (Å²) < 4.78 is 6.77. The lowest BCUT2D eigenvalue weighted by molar-refractivity contribution is -0.228. The highest BCUT2D eigenvalue weighted by molar-refractivity contribution is 5.70. The van der Waals surface area contributed by atoms with E-state index in [0.717, 1.165) is 54.8 Å². The summed E-state index contributed by atoms with van der Waals surface area (Å²) in [5, 5.41) is 0. The van der Waals surface area contributed by atoms with Crippen LogP contribution in [0.3, 0.4) is 0 Å². The van der Waals surface area contributed by atoms with Gasteiger partial charge in [-0.2, -0.15) is 0 Å². The number of carbonyl (C=O) groups excluding carboxylic acids is 1. The molecule has 4 fully saturated rings. The molecule has 0 bridgehead atoms. The van der Waals surface area contributed by atoms with E-state index in [1.54, 1.807) is 0 Å². The van der Waals surface area contributed by atoms with Gasteiger partial charge in [0.1, 0.15) is 5.60 Å². The standard InChI is InChI=1S/C45H80O2/c1-7-8-9-10-11-12-13-14-15-16-17-18-19-20-21-27-42(46)47-45-33-23-22-32-44(45,6)41-31-34-43(5)39(37(4)26-24-25-36(2)3)28-29-40(43)38(41)30-35-45/h14-15,36-41H,7-13,16-35H2,1-6H3/b15-14-/t37-,38?,39-,40?,41?,43-,44-,45?/m1/s1. The monoisotopic (exact) mass is 653 g/mol. The Labute approximate surface area is 293 Å². The maximum Gasteiger partial charge on any atom is 0.306 e. The van der Waals surface area contributed by atoms with Crippen LogP contribution in [0.5, 0.6) is 0 Å². The summed E-state index contributed by atoms with van der Waals surface area (Å²) in [4.78, 5) is 13.4. The first-order valence-corrected chi connectivity index (χ1v) is 21.5. The van der Waals surface area contributed by atoms with Crippen LogP contribution >= 0.6 is 0 Å². The van der Waals surface area contributed by atoms with Gasteiger partial charge >= 0.3 is 5.97 Å². The number of hydrogen-bond acceptors (Lipinski definition) is 2. The Morgan fingerprint density at radius 2 is 1.36 bits per heavy atom. The zero-order valence-electron chi connectivity index (χ0n) is 32.5. The lowest BCUT2D eigenvalue weighted by Gasteiger charge is -2.64. The Morgan fingerprint density at radius 3 is 2.06 bits per heavy atom. The van der Waals surface area contributed by atoms with Gasteiger partial charge in [-0.25, -0.2) is 0 Å². The molecule has 0 heterocycles. The van der Waals surface area contributed by atoms with Gasteiger partial charge < -0.3 is 4.74 Å². The molecule has 0 aliphatic heterocycles. The number of allylic oxidation sites excluding steroid dienone is 2. The van der Waals surface area contributed by atoms with Crippen molar-refractivity contribution < 1.29 is 9.53 Å². The van der Waals surface area contributed by atoms with E-state index in [9.17, 15) is 4.79 Å². The predicted octanol–water partition coefficient (Wildman–Crippen LogP) is 14.2. The van der Waals surface area contributed by atoms with Gasteiger partial charge in [-0.3, -0.25) is 4.79 Å². The molecule has 0 aromatic rings. The highest BCUT2D eigenvalue weighted by atomic mass is 16.6. The number of carbonyl (C=O) groups is 1. The van der Waals surface area contributed by atoms with Crippen molar-refractivity contribution in [1.29, 1.82) is 0 Å². The van der Waals surface area contributed by atoms with Gasteiger partial charge in [0.25, 0.3) is 0 Å². The molecule has 0 amide bonds. The molecule has 0 N–H and O–H groups in total. The summed E-state index contributed by atoms with van der Waals surface area (Å²) in [5.41, 5.74) is 0.514. The molecular formula is C45H80O2. The topological polar surface area (TPSA) is 26.3 Å². The van der Waals surface area contributed by atoms with Crippen molar-refractivity contribution in [2.45, 2.75) is 221 Å². The van der Waals surface area contributed by atoms with Gasteiger partial charge in [-0.1, -0.05) is 131 Å². The Bertz CT molecular complexity index is 936. The molecule has 4 saturated carbocycles. The second kappa shape index (κ2) is 19.0.